The van der Waals surface area contributed by atoms with Crippen LogP contribution in [-0.4, -0.2) is 49.2 Å². The third-order valence-corrected chi connectivity index (χ3v) is 8.65. The molecule has 4 rings (SSSR count). The number of nitrogens with one attached hydrogen (secondary N) is 1. The third kappa shape index (κ3) is 4.42. The van der Waals surface area contributed by atoms with E-state index in [1.807, 2.05) is 32.0 Å². The number of sulfonamides is 1. The summed E-state index contributed by atoms with van der Waals surface area (Å²) < 4.78 is 27.8. The molecule has 2 aliphatic rings. The van der Waals surface area contributed by atoms with Gasteiger partial charge in [-0.25, -0.2) is 8.42 Å². The van der Waals surface area contributed by atoms with Gasteiger partial charge in [-0.2, -0.15) is 4.31 Å². The number of carbonyl (C=O) groups is 2. The Morgan fingerprint density at radius 2 is 1.70 bits per heavy atom. The molecule has 7 nitrogen and oxygen atoms in total. The van der Waals surface area contributed by atoms with E-state index < -0.39 is 21.5 Å². The molecule has 33 heavy (non-hydrogen) atoms. The van der Waals surface area contributed by atoms with Crippen LogP contribution in [0.5, 0.6) is 0 Å². The summed E-state index contributed by atoms with van der Waals surface area (Å²) in [5.41, 5.74) is 1.29. The van der Waals surface area contributed by atoms with Crippen LogP contribution in [0.4, 0.5) is 5.69 Å². The number of rotatable bonds is 5. The minimum absolute atomic E-state index is 0.0483. The van der Waals surface area contributed by atoms with E-state index in [0.29, 0.717) is 5.69 Å². The zero-order chi connectivity index (χ0) is 23.8. The van der Waals surface area contributed by atoms with Crippen LogP contribution in [0.1, 0.15) is 43.7 Å². The van der Waals surface area contributed by atoms with Crippen molar-refractivity contribution in [2.45, 2.75) is 62.9 Å². The molecule has 0 aromatic heterocycles. The summed E-state index contributed by atoms with van der Waals surface area (Å²) in [7, 11) is -3.94. The molecule has 1 saturated carbocycles. The van der Waals surface area contributed by atoms with Crippen LogP contribution in [0.2, 0.25) is 0 Å². The molecule has 1 aliphatic heterocycles. The van der Waals surface area contributed by atoms with Gasteiger partial charge in [0.15, 0.2) is 0 Å². The van der Waals surface area contributed by atoms with Crippen LogP contribution >= 0.6 is 0 Å². The zero-order valence-corrected chi connectivity index (χ0v) is 20.2. The summed E-state index contributed by atoms with van der Waals surface area (Å²) in [4.78, 5) is 28.7. The predicted octanol–water partition coefficient (Wildman–Crippen LogP) is 3.16. The Morgan fingerprint density at radius 3 is 2.33 bits per heavy atom. The van der Waals surface area contributed by atoms with Gasteiger partial charge in [-0.05, 0) is 69.0 Å². The van der Waals surface area contributed by atoms with Crippen molar-refractivity contribution >= 4 is 27.5 Å². The fourth-order valence-corrected chi connectivity index (χ4v) is 6.26. The second-order valence-corrected chi connectivity index (χ2v) is 11.3. The molecule has 2 aromatic rings. The van der Waals surface area contributed by atoms with E-state index in [1.165, 1.54) is 17.0 Å². The van der Waals surface area contributed by atoms with Crippen LogP contribution in [0.25, 0.3) is 0 Å². The SMILES string of the molecule is Cc1ccc(N2C(=O)CN(S(=O)(=O)c3ccccc3)CC2(C)C(=O)NC2CCCC2)cc1C. The third-order valence-electron chi connectivity index (χ3n) is 6.85. The average molecular weight is 470 g/mol. The van der Waals surface area contributed by atoms with Crippen molar-refractivity contribution in [1.82, 2.24) is 9.62 Å². The number of benzene rings is 2. The fraction of sp³-hybridized carbons (Fsp3) is 0.440. The summed E-state index contributed by atoms with van der Waals surface area (Å²) in [5.74, 6) is -0.748. The van der Waals surface area contributed by atoms with Crippen LogP contribution in [-0.2, 0) is 19.6 Å². The first-order valence-electron chi connectivity index (χ1n) is 11.4. The Labute approximate surface area is 195 Å². The molecule has 1 unspecified atom stereocenters. The highest BCUT2D eigenvalue weighted by molar-refractivity contribution is 7.89. The average Bonchev–Trinajstić information content (AvgIpc) is 3.29. The van der Waals surface area contributed by atoms with Crippen LogP contribution in [0, 0.1) is 13.8 Å². The largest absolute Gasteiger partial charge is 0.351 e. The molecule has 2 aromatic carbocycles. The quantitative estimate of drug-likeness (QED) is 0.729. The summed E-state index contributed by atoms with van der Waals surface area (Å²) >= 11 is 0. The Bertz CT molecular complexity index is 1160. The number of carbonyl (C=O) groups excluding carboxylic acids is 2. The predicted molar refractivity (Wildman–Crippen MR) is 127 cm³/mol. The second-order valence-electron chi connectivity index (χ2n) is 9.31. The molecule has 2 amide bonds. The van der Waals surface area contributed by atoms with E-state index >= 15 is 0 Å². The van der Waals surface area contributed by atoms with E-state index in [4.69, 9.17) is 0 Å². The minimum atomic E-state index is -3.94. The Hall–Kier alpha value is -2.71. The molecule has 0 bridgehead atoms. The lowest BCUT2D eigenvalue weighted by molar-refractivity contribution is -0.133. The number of piperazine rings is 1. The van der Waals surface area contributed by atoms with Gasteiger partial charge in [0.25, 0.3) is 0 Å². The molecule has 0 radical (unpaired) electrons. The molecule has 0 spiro atoms. The van der Waals surface area contributed by atoms with Gasteiger partial charge in [-0.1, -0.05) is 37.1 Å². The number of hydrogen-bond acceptors (Lipinski definition) is 4. The number of amides is 2. The van der Waals surface area contributed by atoms with Gasteiger partial charge >= 0.3 is 0 Å². The minimum Gasteiger partial charge on any atom is -0.351 e. The summed E-state index contributed by atoms with van der Waals surface area (Å²) in [6.45, 7) is 5.15. The number of anilines is 1. The normalized spacial score (nSPS) is 22.5. The maximum Gasteiger partial charge on any atom is 0.247 e. The van der Waals surface area contributed by atoms with Gasteiger partial charge in [0.05, 0.1) is 11.4 Å². The van der Waals surface area contributed by atoms with Gasteiger partial charge in [0.1, 0.15) is 5.54 Å². The maximum absolute atomic E-state index is 13.6. The number of nitrogens with zero attached hydrogens (tertiary/aromatic N) is 2. The van der Waals surface area contributed by atoms with E-state index in [1.54, 1.807) is 25.1 Å². The molecule has 1 atom stereocenters. The molecular weight excluding hydrogens is 438 g/mol. The maximum atomic E-state index is 13.6. The van der Waals surface area contributed by atoms with Crippen molar-refractivity contribution in [3.8, 4) is 0 Å². The molecule has 1 N–H and O–H groups in total. The van der Waals surface area contributed by atoms with Crippen LogP contribution < -0.4 is 10.2 Å². The van der Waals surface area contributed by atoms with E-state index in [0.717, 1.165) is 41.1 Å². The standard InChI is InChI=1S/C25H31N3O4S/c1-18-13-14-21(15-19(18)2)28-23(29)16-27(33(31,32)22-11-5-4-6-12-22)17-25(28,3)24(30)26-20-9-7-8-10-20/h4-6,11-15,20H,7-10,16-17H2,1-3H3,(H,26,30). The molecule has 176 valence electrons. The highest BCUT2D eigenvalue weighted by atomic mass is 32.2. The van der Waals surface area contributed by atoms with Gasteiger partial charge in [-0.3, -0.25) is 14.5 Å². The first kappa shape index (κ1) is 23.4. The lowest BCUT2D eigenvalue weighted by atomic mass is 9.93. The second kappa shape index (κ2) is 8.91. The van der Waals surface area contributed by atoms with Gasteiger partial charge in [0.2, 0.25) is 21.8 Å². The molecule has 1 aliphatic carbocycles. The van der Waals surface area contributed by atoms with Crippen molar-refractivity contribution in [3.05, 3.63) is 59.7 Å². The highest BCUT2D eigenvalue weighted by Gasteiger charge is 2.51. The van der Waals surface area contributed by atoms with Crippen molar-refractivity contribution < 1.29 is 18.0 Å². The Kier molecular flexibility index (Phi) is 6.33. The number of aryl methyl sites for hydroxylation is 2. The van der Waals surface area contributed by atoms with Crippen molar-refractivity contribution in [1.29, 1.82) is 0 Å². The Balaban J connectivity index is 1.74. The molecule has 1 saturated heterocycles. The topological polar surface area (TPSA) is 86.8 Å². The van der Waals surface area contributed by atoms with Crippen molar-refractivity contribution in [3.63, 3.8) is 0 Å². The van der Waals surface area contributed by atoms with Gasteiger partial charge in [-0.15, -0.1) is 0 Å². The smallest absolute Gasteiger partial charge is 0.247 e. The summed E-state index contributed by atoms with van der Waals surface area (Å²) in [6.07, 6.45) is 3.89. The zero-order valence-electron chi connectivity index (χ0n) is 19.4. The first-order valence-corrected chi connectivity index (χ1v) is 12.8. The monoisotopic (exact) mass is 469 g/mol. The summed E-state index contributed by atoms with van der Waals surface area (Å²) in [6, 6.07) is 13.7. The molecule has 1 heterocycles. The lowest BCUT2D eigenvalue weighted by Crippen LogP contribution is -2.70. The number of hydrogen-bond donors (Lipinski definition) is 1. The first-order chi connectivity index (χ1) is 15.6. The van der Waals surface area contributed by atoms with Gasteiger partial charge in [0, 0.05) is 18.3 Å². The van der Waals surface area contributed by atoms with Gasteiger partial charge < -0.3 is 5.32 Å². The van der Waals surface area contributed by atoms with Crippen LogP contribution in [0.3, 0.4) is 0 Å². The van der Waals surface area contributed by atoms with E-state index in [-0.39, 0.29) is 29.9 Å². The molecule has 2 fully saturated rings. The van der Waals surface area contributed by atoms with E-state index in [9.17, 15) is 18.0 Å². The lowest BCUT2D eigenvalue weighted by Gasteiger charge is -2.47. The van der Waals surface area contributed by atoms with Crippen LogP contribution in [0.15, 0.2) is 53.4 Å². The summed E-state index contributed by atoms with van der Waals surface area (Å²) in [5, 5.41) is 3.09. The highest BCUT2D eigenvalue weighted by Crippen LogP contribution is 2.33. The van der Waals surface area contributed by atoms with Crippen molar-refractivity contribution in [2.24, 2.45) is 0 Å². The fourth-order valence-electron chi connectivity index (χ4n) is 4.76. The Morgan fingerprint density at radius 1 is 1.03 bits per heavy atom. The van der Waals surface area contributed by atoms with E-state index in [2.05, 4.69) is 5.32 Å². The molecule has 8 heteroatoms. The van der Waals surface area contributed by atoms with Crippen molar-refractivity contribution in [2.75, 3.05) is 18.0 Å². The molecular formula is C25H31N3O4S.